The smallest absolute Gasteiger partial charge is 0.238 e. The van der Waals surface area contributed by atoms with Crippen molar-refractivity contribution in [1.82, 2.24) is 15.1 Å². The van der Waals surface area contributed by atoms with Crippen LogP contribution in [0.1, 0.15) is 6.42 Å². The number of halogens is 1. The zero-order valence-corrected chi connectivity index (χ0v) is 14.5. The number of primary sulfonamides is 1. The molecular formula is C13H16ClN5O2S2. The molecule has 0 saturated carbocycles. The van der Waals surface area contributed by atoms with Gasteiger partial charge in [-0.2, -0.15) is 5.10 Å². The number of hydrogen-bond donors (Lipinski definition) is 3. The van der Waals surface area contributed by atoms with Gasteiger partial charge in [-0.1, -0.05) is 11.6 Å². The molecule has 1 aromatic carbocycles. The van der Waals surface area contributed by atoms with Crippen molar-refractivity contribution in [1.29, 1.82) is 0 Å². The van der Waals surface area contributed by atoms with E-state index in [1.54, 1.807) is 29.2 Å². The number of thiocarbonyl (C=S) groups is 1. The van der Waals surface area contributed by atoms with Gasteiger partial charge in [-0.25, -0.2) is 13.6 Å². The van der Waals surface area contributed by atoms with Gasteiger partial charge in [0.05, 0.1) is 16.1 Å². The number of benzene rings is 1. The summed E-state index contributed by atoms with van der Waals surface area (Å²) in [5, 5.41) is 16.2. The Morgan fingerprint density at radius 3 is 2.61 bits per heavy atom. The molecule has 0 radical (unpaired) electrons. The second-order valence-corrected chi connectivity index (χ2v) is 7.13. The van der Waals surface area contributed by atoms with E-state index in [-0.39, 0.29) is 4.90 Å². The average molecular weight is 374 g/mol. The van der Waals surface area contributed by atoms with Gasteiger partial charge in [0.2, 0.25) is 10.0 Å². The normalized spacial score (nSPS) is 11.2. The summed E-state index contributed by atoms with van der Waals surface area (Å²) < 4.78 is 24.1. The van der Waals surface area contributed by atoms with Crippen LogP contribution in [-0.2, 0) is 16.6 Å². The van der Waals surface area contributed by atoms with Gasteiger partial charge >= 0.3 is 0 Å². The number of aromatic nitrogens is 2. The van der Waals surface area contributed by atoms with E-state index < -0.39 is 10.0 Å². The summed E-state index contributed by atoms with van der Waals surface area (Å²) in [5.41, 5.74) is 0.675. The van der Waals surface area contributed by atoms with Crippen LogP contribution in [0.5, 0.6) is 0 Å². The quantitative estimate of drug-likeness (QED) is 0.524. The van der Waals surface area contributed by atoms with E-state index in [1.807, 2.05) is 0 Å². The van der Waals surface area contributed by atoms with Crippen molar-refractivity contribution in [3.8, 4) is 0 Å². The number of nitrogens with two attached hydrogens (primary N) is 1. The Labute approximate surface area is 144 Å². The van der Waals surface area contributed by atoms with E-state index in [1.165, 1.54) is 12.1 Å². The number of nitrogens with zero attached hydrogens (tertiary/aromatic N) is 2. The lowest BCUT2D eigenvalue weighted by atomic mass is 10.3. The van der Waals surface area contributed by atoms with Gasteiger partial charge in [0.15, 0.2) is 5.11 Å². The molecule has 0 aliphatic rings. The van der Waals surface area contributed by atoms with Gasteiger partial charge in [0.1, 0.15) is 0 Å². The zero-order chi connectivity index (χ0) is 16.9. The maximum atomic E-state index is 11.2. The molecule has 0 aliphatic heterocycles. The highest BCUT2D eigenvalue weighted by Crippen LogP contribution is 2.12. The first-order valence-corrected chi connectivity index (χ1v) is 9.03. The minimum absolute atomic E-state index is 0.0554. The van der Waals surface area contributed by atoms with Gasteiger partial charge in [0.25, 0.3) is 0 Å². The van der Waals surface area contributed by atoms with Crippen molar-refractivity contribution >= 4 is 44.6 Å². The summed E-state index contributed by atoms with van der Waals surface area (Å²) in [5.74, 6) is 0. The van der Waals surface area contributed by atoms with Crippen LogP contribution in [0.25, 0.3) is 0 Å². The third kappa shape index (κ3) is 5.79. The van der Waals surface area contributed by atoms with Crippen molar-refractivity contribution in [3.63, 3.8) is 0 Å². The predicted octanol–water partition coefficient (Wildman–Crippen LogP) is 1.56. The van der Waals surface area contributed by atoms with Gasteiger partial charge < -0.3 is 10.6 Å². The highest BCUT2D eigenvalue weighted by molar-refractivity contribution is 7.89. The van der Waals surface area contributed by atoms with Crippen LogP contribution in [0.2, 0.25) is 5.02 Å². The fraction of sp³-hybridized carbons (Fsp3) is 0.231. The number of sulfonamides is 1. The first kappa shape index (κ1) is 17.7. The molecule has 0 aliphatic carbocycles. The predicted molar refractivity (Wildman–Crippen MR) is 93.9 cm³/mol. The number of anilines is 1. The zero-order valence-electron chi connectivity index (χ0n) is 12.1. The standard InChI is InChI=1S/C13H16ClN5O2S2/c14-10-8-17-19(9-10)7-1-6-16-13(22)18-11-2-4-12(5-3-11)23(15,20)21/h2-5,8-9H,1,6-7H2,(H2,15,20,21)(H2,16,18,22). The molecule has 0 saturated heterocycles. The van der Waals surface area contributed by atoms with Crippen molar-refractivity contribution in [3.05, 3.63) is 41.7 Å². The molecule has 2 aromatic rings. The van der Waals surface area contributed by atoms with E-state index in [9.17, 15) is 8.42 Å². The second kappa shape index (κ2) is 7.73. The van der Waals surface area contributed by atoms with Crippen molar-refractivity contribution in [2.75, 3.05) is 11.9 Å². The lowest BCUT2D eigenvalue weighted by Gasteiger charge is -2.10. The molecule has 0 unspecified atom stereocenters. The van der Waals surface area contributed by atoms with Crippen LogP contribution in [0, 0.1) is 0 Å². The summed E-state index contributed by atoms with van der Waals surface area (Å²) in [6.45, 7) is 1.39. The van der Waals surface area contributed by atoms with E-state index in [0.29, 0.717) is 22.4 Å². The number of nitrogens with one attached hydrogen (secondary N) is 2. The fourth-order valence-electron chi connectivity index (χ4n) is 1.81. The summed E-state index contributed by atoms with van der Waals surface area (Å²) >= 11 is 10.9. The maximum absolute atomic E-state index is 11.2. The Kier molecular flexibility index (Phi) is 5.94. The first-order chi connectivity index (χ1) is 10.8. The Morgan fingerprint density at radius 2 is 2.04 bits per heavy atom. The van der Waals surface area contributed by atoms with Crippen molar-refractivity contribution in [2.45, 2.75) is 17.9 Å². The molecule has 10 heteroatoms. The fourth-order valence-corrected chi connectivity index (χ4v) is 2.70. The summed E-state index contributed by atoms with van der Waals surface area (Å²) in [6.07, 6.45) is 4.17. The van der Waals surface area contributed by atoms with Gasteiger partial charge in [-0.3, -0.25) is 4.68 Å². The van der Waals surface area contributed by atoms with Gasteiger partial charge in [0, 0.05) is 25.0 Å². The largest absolute Gasteiger partial charge is 0.362 e. The third-order valence-electron chi connectivity index (χ3n) is 2.89. The molecule has 7 nitrogen and oxygen atoms in total. The van der Waals surface area contributed by atoms with Crippen LogP contribution in [0.4, 0.5) is 5.69 Å². The molecular weight excluding hydrogens is 358 g/mol. The van der Waals surface area contributed by atoms with E-state index in [2.05, 4.69) is 15.7 Å². The SMILES string of the molecule is NS(=O)(=O)c1ccc(NC(=S)NCCCn2cc(Cl)cn2)cc1. The maximum Gasteiger partial charge on any atom is 0.238 e. The molecule has 2 rings (SSSR count). The summed E-state index contributed by atoms with van der Waals surface area (Å²) in [4.78, 5) is 0.0554. The number of rotatable bonds is 6. The first-order valence-electron chi connectivity index (χ1n) is 6.70. The van der Waals surface area contributed by atoms with Gasteiger partial charge in [-0.05, 0) is 42.9 Å². The molecule has 124 valence electrons. The minimum atomic E-state index is -3.68. The highest BCUT2D eigenvalue weighted by Gasteiger charge is 2.07. The van der Waals surface area contributed by atoms with E-state index >= 15 is 0 Å². The van der Waals surface area contributed by atoms with Gasteiger partial charge in [-0.15, -0.1) is 0 Å². The number of aryl methyl sites for hydroxylation is 1. The second-order valence-electron chi connectivity index (χ2n) is 4.73. The number of hydrogen-bond acceptors (Lipinski definition) is 4. The topological polar surface area (TPSA) is 102 Å². The molecule has 0 atom stereocenters. The van der Waals surface area contributed by atoms with E-state index in [4.69, 9.17) is 29.0 Å². The summed E-state index contributed by atoms with van der Waals surface area (Å²) in [6, 6.07) is 6.03. The minimum Gasteiger partial charge on any atom is -0.362 e. The van der Waals surface area contributed by atoms with Crippen LogP contribution < -0.4 is 15.8 Å². The average Bonchev–Trinajstić information content (AvgIpc) is 2.89. The lowest BCUT2D eigenvalue weighted by Crippen LogP contribution is -2.29. The Morgan fingerprint density at radius 1 is 1.35 bits per heavy atom. The molecule has 0 amide bonds. The molecule has 23 heavy (non-hydrogen) atoms. The van der Waals surface area contributed by atoms with Crippen LogP contribution in [-0.4, -0.2) is 29.9 Å². The Hall–Kier alpha value is -1.68. The highest BCUT2D eigenvalue weighted by atomic mass is 35.5. The Bertz CT molecular complexity index is 774. The lowest BCUT2D eigenvalue weighted by molar-refractivity contribution is 0.574. The summed E-state index contributed by atoms with van der Waals surface area (Å²) in [7, 11) is -3.68. The molecule has 0 fully saturated rings. The third-order valence-corrected chi connectivity index (χ3v) is 4.26. The Balaban J connectivity index is 1.74. The molecule has 4 N–H and O–H groups in total. The molecule has 1 aromatic heterocycles. The monoisotopic (exact) mass is 373 g/mol. The molecule has 1 heterocycles. The van der Waals surface area contributed by atoms with Crippen LogP contribution in [0.3, 0.4) is 0 Å². The molecule has 0 bridgehead atoms. The van der Waals surface area contributed by atoms with Crippen LogP contribution in [0.15, 0.2) is 41.6 Å². The van der Waals surface area contributed by atoms with E-state index in [0.717, 1.165) is 13.0 Å². The molecule has 0 spiro atoms. The van der Waals surface area contributed by atoms with Crippen molar-refractivity contribution < 1.29 is 8.42 Å². The van der Waals surface area contributed by atoms with Crippen LogP contribution >= 0.6 is 23.8 Å². The van der Waals surface area contributed by atoms with Crippen molar-refractivity contribution in [2.24, 2.45) is 5.14 Å².